The number of hydrogen-bond acceptors (Lipinski definition) is 5. The minimum Gasteiger partial charge on any atom is -0.391 e. The molecule has 2 aromatic rings. The van der Waals surface area contributed by atoms with Crippen LogP contribution in [0, 0.1) is 0 Å². The van der Waals surface area contributed by atoms with Crippen LogP contribution in [0.25, 0.3) is 11.2 Å². The van der Waals surface area contributed by atoms with Crippen molar-refractivity contribution in [2.45, 2.75) is 37.5 Å². The number of aliphatic hydroxyl groups excluding tert-OH is 2. The van der Waals surface area contributed by atoms with Crippen molar-refractivity contribution in [3.63, 3.8) is 0 Å². The lowest BCUT2D eigenvalue weighted by Gasteiger charge is -2.33. The van der Waals surface area contributed by atoms with Gasteiger partial charge in [0.15, 0.2) is 10.8 Å². The van der Waals surface area contributed by atoms with Gasteiger partial charge in [-0.25, -0.2) is 15.0 Å². The van der Waals surface area contributed by atoms with Crippen molar-refractivity contribution in [2.24, 2.45) is 0 Å². The summed E-state index contributed by atoms with van der Waals surface area (Å²) in [5, 5.41) is 20.4. The molecule has 3 rings (SSSR count). The Bertz CT molecular complexity index is 563. The molecule has 1 saturated carbocycles. The van der Waals surface area contributed by atoms with E-state index in [2.05, 4.69) is 15.0 Å². The molecule has 2 aromatic heterocycles. The Balaban J connectivity index is 2.11. The zero-order valence-electron chi connectivity index (χ0n) is 9.57. The largest absolute Gasteiger partial charge is 0.391 e. The summed E-state index contributed by atoms with van der Waals surface area (Å²) >= 11 is 5.93. The minimum atomic E-state index is -0.597. The van der Waals surface area contributed by atoms with E-state index in [9.17, 15) is 10.2 Å². The number of hydrogen-bond donors (Lipinski definition) is 2. The highest BCUT2D eigenvalue weighted by Crippen LogP contribution is 2.31. The quantitative estimate of drug-likeness (QED) is 0.752. The van der Waals surface area contributed by atoms with Crippen LogP contribution in [0.1, 0.15) is 25.3 Å². The Kier molecular flexibility index (Phi) is 2.93. The van der Waals surface area contributed by atoms with E-state index in [0.717, 1.165) is 6.42 Å². The second-order valence-electron chi connectivity index (χ2n) is 4.54. The Morgan fingerprint density at radius 2 is 1.89 bits per heavy atom. The summed E-state index contributed by atoms with van der Waals surface area (Å²) in [6, 6.07) is -0.422. The molecule has 18 heavy (non-hydrogen) atoms. The van der Waals surface area contributed by atoms with Gasteiger partial charge in [-0.1, -0.05) is 11.6 Å². The summed E-state index contributed by atoms with van der Waals surface area (Å²) in [5.74, 6) is 0. The third-order valence-electron chi connectivity index (χ3n) is 3.42. The maximum atomic E-state index is 10.1. The van der Waals surface area contributed by atoms with Gasteiger partial charge >= 0.3 is 0 Å². The molecular weight excluding hydrogens is 256 g/mol. The van der Waals surface area contributed by atoms with E-state index in [4.69, 9.17) is 11.6 Å². The first-order valence-electron chi connectivity index (χ1n) is 5.87. The van der Waals surface area contributed by atoms with Gasteiger partial charge in [0, 0.05) is 0 Å². The minimum absolute atomic E-state index is 0.276. The highest BCUT2D eigenvalue weighted by Gasteiger charge is 2.33. The smallest absolute Gasteiger partial charge is 0.165 e. The number of aromatic nitrogens is 4. The van der Waals surface area contributed by atoms with Crippen LogP contribution in [0.5, 0.6) is 0 Å². The summed E-state index contributed by atoms with van der Waals surface area (Å²) in [6.45, 7) is 0. The zero-order valence-corrected chi connectivity index (χ0v) is 10.3. The van der Waals surface area contributed by atoms with Gasteiger partial charge in [0.25, 0.3) is 0 Å². The van der Waals surface area contributed by atoms with E-state index >= 15 is 0 Å². The maximum absolute atomic E-state index is 10.1. The normalized spacial score (nSPS) is 28.7. The van der Waals surface area contributed by atoms with Crippen molar-refractivity contribution in [2.75, 3.05) is 0 Å². The molecule has 3 atom stereocenters. The first kappa shape index (κ1) is 11.8. The summed E-state index contributed by atoms with van der Waals surface area (Å²) in [7, 11) is 0. The third-order valence-corrected chi connectivity index (χ3v) is 3.70. The van der Waals surface area contributed by atoms with Gasteiger partial charge in [0.1, 0.15) is 11.8 Å². The van der Waals surface area contributed by atoms with Gasteiger partial charge < -0.3 is 14.8 Å². The summed E-state index contributed by atoms with van der Waals surface area (Å²) < 4.78 is 1.69. The van der Waals surface area contributed by atoms with Crippen molar-refractivity contribution < 1.29 is 10.2 Å². The fourth-order valence-electron chi connectivity index (χ4n) is 2.55. The van der Waals surface area contributed by atoms with Gasteiger partial charge in [0.05, 0.1) is 24.6 Å². The maximum Gasteiger partial charge on any atom is 0.165 e. The molecule has 0 saturated heterocycles. The molecule has 0 radical (unpaired) electrons. The van der Waals surface area contributed by atoms with Crippen LogP contribution in [-0.4, -0.2) is 41.9 Å². The SMILES string of the molecule is O[C@@H]1CCC[C@H](O)C1n1cnc2c(Cl)ncnc21. The molecule has 0 aromatic carbocycles. The molecule has 0 aliphatic heterocycles. The van der Waals surface area contributed by atoms with Gasteiger partial charge in [0.2, 0.25) is 0 Å². The van der Waals surface area contributed by atoms with E-state index < -0.39 is 18.2 Å². The van der Waals surface area contributed by atoms with Gasteiger partial charge in [-0.2, -0.15) is 0 Å². The fourth-order valence-corrected chi connectivity index (χ4v) is 2.72. The molecule has 0 spiro atoms. The Hall–Kier alpha value is -1.24. The van der Waals surface area contributed by atoms with Gasteiger partial charge in [-0.05, 0) is 19.3 Å². The lowest BCUT2D eigenvalue weighted by molar-refractivity contribution is -0.0141. The van der Waals surface area contributed by atoms with Gasteiger partial charge in [-0.15, -0.1) is 0 Å². The molecule has 7 heteroatoms. The topological polar surface area (TPSA) is 84.1 Å². The van der Waals surface area contributed by atoms with Crippen LogP contribution < -0.4 is 0 Å². The summed E-state index contributed by atoms with van der Waals surface area (Å²) in [4.78, 5) is 12.1. The monoisotopic (exact) mass is 268 g/mol. The highest BCUT2D eigenvalue weighted by atomic mass is 35.5. The van der Waals surface area contributed by atoms with E-state index in [1.165, 1.54) is 6.33 Å². The Morgan fingerprint density at radius 3 is 2.61 bits per heavy atom. The second-order valence-corrected chi connectivity index (χ2v) is 4.90. The number of nitrogens with zero attached hydrogens (tertiary/aromatic N) is 4. The average molecular weight is 269 g/mol. The number of rotatable bonds is 1. The fraction of sp³-hybridized carbons (Fsp3) is 0.545. The number of aliphatic hydroxyl groups is 2. The van der Waals surface area contributed by atoms with Crippen molar-refractivity contribution in [3.8, 4) is 0 Å². The molecule has 1 unspecified atom stereocenters. The molecular formula is C11H13ClN4O2. The van der Waals surface area contributed by atoms with Crippen LogP contribution in [0.2, 0.25) is 5.15 Å². The zero-order chi connectivity index (χ0) is 12.7. The van der Waals surface area contributed by atoms with E-state index in [-0.39, 0.29) is 5.15 Å². The van der Waals surface area contributed by atoms with Crippen molar-refractivity contribution in [1.82, 2.24) is 19.5 Å². The number of fused-ring (bicyclic) bond motifs is 1. The van der Waals surface area contributed by atoms with Crippen LogP contribution in [0.4, 0.5) is 0 Å². The van der Waals surface area contributed by atoms with E-state index in [0.29, 0.717) is 24.0 Å². The molecule has 96 valence electrons. The number of imidazole rings is 1. The lowest BCUT2D eigenvalue weighted by atomic mass is 9.90. The molecule has 2 N–H and O–H groups in total. The van der Waals surface area contributed by atoms with E-state index in [1.54, 1.807) is 10.9 Å². The lowest BCUT2D eigenvalue weighted by Crippen LogP contribution is -2.37. The summed E-state index contributed by atoms with van der Waals surface area (Å²) in [6.07, 6.45) is 3.86. The molecule has 6 nitrogen and oxygen atoms in total. The molecule has 2 heterocycles. The van der Waals surface area contributed by atoms with Crippen molar-refractivity contribution in [1.29, 1.82) is 0 Å². The number of halogens is 1. The first-order valence-corrected chi connectivity index (χ1v) is 6.25. The molecule has 1 fully saturated rings. The second kappa shape index (κ2) is 4.46. The van der Waals surface area contributed by atoms with Crippen LogP contribution in [0.15, 0.2) is 12.7 Å². The molecule has 1 aliphatic carbocycles. The molecule has 1 aliphatic rings. The predicted molar refractivity (Wildman–Crippen MR) is 65.2 cm³/mol. The van der Waals surface area contributed by atoms with Crippen LogP contribution in [0.3, 0.4) is 0 Å². The highest BCUT2D eigenvalue weighted by molar-refractivity contribution is 6.33. The summed E-state index contributed by atoms with van der Waals surface area (Å²) in [5.41, 5.74) is 1.03. The Labute approximate surface area is 108 Å². The standard InChI is InChI=1S/C11H13ClN4O2/c12-10-8-11(14-4-13-10)16(5-15-8)9-6(17)2-1-3-7(9)18/h4-7,9,17-18H,1-3H2/t6-,7+,9?. The first-order chi connectivity index (χ1) is 8.68. The molecule has 0 amide bonds. The average Bonchev–Trinajstić information content (AvgIpc) is 2.75. The molecule has 0 bridgehead atoms. The van der Waals surface area contributed by atoms with Crippen molar-refractivity contribution in [3.05, 3.63) is 17.8 Å². The predicted octanol–water partition coefficient (Wildman–Crippen LogP) is 0.926. The van der Waals surface area contributed by atoms with E-state index in [1.807, 2.05) is 0 Å². The van der Waals surface area contributed by atoms with Crippen LogP contribution in [-0.2, 0) is 0 Å². The van der Waals surface area contributed by atoms with Crippen molar-refractivity contribution >= 4 is 22.8 Å². The van der Waals surface area contributed by atoms with Crippen LogP contribution >= 0.6 is 11.6 Å². The Morgan fingerprint density at radius 1 is 1.17 bits per heavy atom. The third kappa shape index (κ3) is 1.77. The van der Waals surface area contributed by atoms with Gasteiger partial charge in [-0.3, -0.25) is 0 Å².